The number of hydrogen-bond acceptors (Lipinski definition) is 3. The highest BCUT2D eigenvalue weighted by Crippen LogP contribution is 2.18. The Morgan fingerprint density at radius 2 is 1.41 bits per heavy atom. The molecule has 0 bridgehead atoms. The highest BCUT2D eigenvalue weighted by Gasteiger charge is 2.24. The average Bonchev–Trinajstić information content (AvgIpc) is 2.73. The lowest BCUT2D eigenvalue weighted by molar-refractivity contribution is -0.138. The van der Waals surface area contributed by atoms with Crippen LogP contribution in [-0.4, -0.2) is 12.0 Å². The van der Waals surface area contributed by atoms with Gasteiger partial charge in [0, 0.05) is 5.69 Å². The Bertz CT molecular complexity index is 861. The quantitative estimate of drug-likeness (QED) is 0.453. The van der Waals surface area contributed by atoms with Crippen LogP contribution in [0.3, 0.4) is 0 Å². The molecule has 0 amide bonds. The van der Waals surface area contributed by atoms with E-state index in [1.165, 1.54) is 0 Å². The van der Waals surface area contributed by atoms with E-state index in [0.29, 0.717) is 5.75 Å². The second-order valence-corrected chi connectivity index (χ2v) is 6.33. The molecule has 3 nitrogen and oxygen atoms in total. The SMILES string of the molecule is C[C@H](C(=O)Oc1ccccc1)[C@@H](/C=C/c1ccccc1)Nc1ccccc1. The molecule has 0 saturated carbocycles. The van der Waals surface area contributed by atoms with Crippen LogP contribution < -0.4 is 10.1 Å². The average molecular weight is 357 g/mol. The molecule has 0 unspecified atom stereocenters. The van der Waals surface area contributed by atoms with Gasteiger partial charge in [-0.2, -0.15) is 0 Å². The number of para-hydroxylation sites is 2. The molecule has 3 aromatic rings. The summed E-state index contributed by atoms with van der Waals surface area (Å²) in [5.74, 6) is -0.0856. The molecule has 0 aromatic heterocycles. The molecule has 0 aliphatic carbocycles. The highest BCUT2D eigenvalue weighted by molar-refractivity contribution is 5.77. The van der Waals surface area contributed by atoms with Crippen molar-refractivity contribution in [2.75, 3.05) is 5.32 Å². The minimum Gasteiger partial charge on any atom is -0.426 e. The Balaban J connectivity index is 1.77. The first-order valence-corrected chi connectivity index (χ1v) is 9.04. The third kappa shape index (κ3) is 5.58. The molecule has 0 heterocycles. The summed E-state index contributed by atoms with van der Waals surface area (Å²) in [5.41, 5.74) is 2.04. The fourth-order valence-corrected chi connectivity index (χ4v) is 2.69. The monoisotopic (exact) mass is 357 g/mol. The molecule has 3 rings (SSSR count). The number of nitrogens with one attached hydrogen (secondary N) is 1. The van der Waals surface area contributed by atoms with Gasteiger partial charge in [-0.05, 0) is 36.8 Å². The van der Waals surface area contributed by atoms with E-state index >= 15 is 0 Å². The molecule has 0 radical (unpaired) electrons. The van der Waals surface area contributed by atoms with Crippen LogP contribution in [0, 0.1) is 5.92 Å². The van der Waals surface area contributed by atoms with Crippen molar-refractivity contribution in [1.82, 2.24) is 0 Å². The van der Waals surface area contributed by atoms with Gasteiger partial charge in [-0.15, -0.1) is 0 Å². The smallest absolute Gasteiger partial charge is 0.316 e. The summed E-state index contributed by atoms with van der Waals surface area (Å²) < 4.78 is 5.53. The number of hydrogen-bond donors (Lipinski definition) is 1. The van der Waals surface area contributed by atoms with Gasteiger partial charge in [0.25, 0.3) is 0 Å². The van der Waals surface area contributed by atoms with Gasteiger partial charge < -0.3 is 10.1 Å². The number of ether oxygens (including phenoxy) is 1. The minimum atomic E-state index is -0.370. The molecule has 0 aliphatic heterocycles. The summed E-state index contributed by atoms with van der Waals surface area (Å²) in [6.45, 7) is 1.88. The van der Waals surface area contributed by atoms with Crippen molar-refractivity contribution in [1.29, 1.82) is 0 Å². The summed E-state index contributed by atoms with van der Waals surface area (Å²) in [6, 6.07) is 28.8. The molecule has 0 fully saturated rings. The van der Waals surface area contributed by atoms with E-state index in [1.807, 2.05) is 97.9 Å². The Kier molecular flexibility index (Phi) is 6.42. The lowest BCUT2D eigenvalue weighted by Crippen LogP contribution is -2.33. The van der Waals surface area contributed by atoms with E-state index in [2.05, 4.69) is 5.32 Å². The van der Waals surface area contributed by atoms with Crippen molar-refractivity contribution in [2.24, 2.45) is 5.92 Å². The van der Waals surface area contributed by atoms with Gasteiger partial charge in [0.2, 0.25) is 0 Å². The van der Waals surface area contributed by atoms with Gasteiger partial charge in [-0.1, -0.05) is 78.9 Å². The zero-order valence-electron chi connectivity index (χ0n) is 15.3. The Morgan fingerprint density at radius 1 is 0.852 bits per heavy atom. The normalized spacial score (nSPS) is 13.1. The third-order valence-corrected chi connectivity index (χ3v) is 4.27. The van der Waals surface area contributed by atoms with Crippen molar-refractivity contribution < 1.29 is 9.53 Å². The summed E-state index contributed by atoms with van der Waals surface area (Å²) in [6.07, 6.45) is 4.03. The van der Waals surface area contributed by atoms with Crippen LogP contribution in [0.25, 0.3) is 6.08 Å². The Labute approximate surface area is 160 Å². The maximum Gasteiger partial charge on any atom is 0.316 e. The van der Waals surface area contributed by atoms with Crippen LogP contribution in [0.2, 0.25) is 0 Å². The lowest BCUT2D eigenvalue weighted by Gasteiger charge is -2.22. The first-order valence-electron chi connectivity index (χ1n) is 9.04. The number of rotatable bonds is 7. The molecule has 3 aromatic carbocycles. The van der Waals surface area contributed by atoms with Gasteiger partial charge in [0.05, 0.1) is 12.0 Å². The van der Waals surface area contributed by atoms with E-state index in [4.69, 9.17) is 4.74 Å². The van der Waals surface area contributed by atoms with Crippen molar-refractivity contribution in [3.8, 4) is 5.75 Å². The second-order valence-electron chi connectivity index (χ2n) is 6.33. The lowest BCUT2D eigenvalue weighted by atomic mass is 10.00. The third-order valence-electron chi connectivity index (χ3n) is 4.27. The van der Waals surface area contributed by atoms with Crippen molar-refractivity contribution >= 4 is 17.7 Å². The zero-order valence-corrected chi connectivity index (χ0v) is 15.3. The number of benzene rings is 3. The predicted molar refractivity (Wildman–Crippen MR) is 111 cm³/mol. The molecule has 3 heteroatoms. The van der Waals surface area contributed by atoms with E-state index in [0.717, 1.165) is 11.3 Å². The van der Waals surface area contributed by atoms with Gasteiger partial charge in [-0.3, -0.25) is 4.79 Å². The Hall–Kier alpha value is -3.33. The molecule has 0 spiro atoms. The van der Waals surface area contributed by atoms with Gasteiger partial charge in [0.15, 0.2) is 0 Å². The number of carbonyl (C=O) groups is 1. The summed E-state index contributed by atoms with van der Waals surface area (Å²) in [7, 11) is 0. The first kappa shape index (κ1) is 18.5. The van der Waals surface area contributed by atoms with E-state index in [-0.39, 0.29) is 17.9 Å². The van der Waals surface area contributed by atoms with E-state index in [9.17, 15) is 4.79 Å². The zero-order chi connectivity index (χ0) is 18.9. The van der Waals surface area contributed by atoms with Crippen LogP contribution in [-0.2, 0) is 4.79 Å². The summed E-state index contributed by atoms with van der Waals surface area (Å²) >= 11 is 0. The van der Waals surface area contributed by atoms with Crippen molar-refractivity contribution in [3.05, 3.63) is 103 Å². The van der Waals surface area contributed by atoms with Crippen LogP contribution in [0.1, 0.15) is 12.5 Å². The molecule has 27 heavy (non-hydrogen) atoms. The summed E-state index contributed by atoms with van der Waals surface area (Å²) in [4.78, 5) is 12.7. The second kappa shape index (κ2) is 9.39. The fourth-order valence-electron chi connectivity index (χ4n) is 2.69. The topological polar surface area (TPSA) is 38.3 Å². The Morgan fingerprint density at radius 3 is 2.04 bits per heavy atom. The van der Waals surface area contributed by atoms with Crippen molar-refractivity contribution in [3.63, 3.8) is 0 Å². The molecule has 0 aliphatic rings. The molecule has 136 valence electrons. The maximum atomic E-state index is 12.7. The van der Waals surface area contributed by atoms with Gasteiger partial charge >= 0.3 is 5.97 Å². The fraction of sp³-hybridized carbons (Fsp3) is 0.125. The molecule has 2 atom stereocenters. The largest absolute Gasteiger partial charge is 0.426 e. The standard InChI is InChI=1S/C24H23NO2/c1-19(24(26)27-22-15-9-4-10-16-22)23(25-21-13-7-3-8-14-21)18-17-20-11-5-2-6-12-20/h2-19,23,25H,1H3/b18-17+/t19-,23+/m0/s1. The van der Waals surface area contributed by atoms with Crippen LogP contribution >= 0.6 is 0 Å². The van der Waals surface area contributed by atoms with Gasteiger partial charge in [0.1, 0.15) is 5.75 Å². The van der Waals surface area contributed by atoms with Crippen LogP contribution in [0.4, 0.5) is 5.69 Å². The molecule has 0 saturated heterocycles. The van der Waals surface area contributed by atoms with E-state index in [1.54, 1.807) is 12.1 Å². The van der Waals surface area contributed by atoms with Crippen LogP contribution in [0.5, 0.6) is 5.75 Å². The summed E-state index contributed by atoms with van der Waals surface area (Å²) in [5, 5.41) is 3.43. The highest BCUT2D eigenvalue weighted by atomic mass is 16.5. The maximum absolute atomic E-state index is 12.7. The number of carbonyl (C=O) groups excluding carboxylic acids is 1. The minimum absolute atomic E-state index is 0.205. The van der Waals surface area contributed by atoms with Gasteiger partial charge in [-0.25, -0.2) is 0 Å². The number of esters is 1. The van der Waals surface area contributed by atoms with Crippen molar-refractivity contribution in [2.45, 2.75) is 13.0 Å². The first-order chi connectivity index (χ1) is 13.2. The van der Waals surface area contributed by atoms with Crippen LogP contribution in [0.15, 0.2) is 97.1 Å². The predicted octanol–water partition coefficient (Wildman–Crippen LogP) is 5.42. The number of anilines is 1. The molecular formula is C24H23NO2. The molecule has 1 N–H and O–H groups in total. The van der Waals surface area contributed by atoms with E-state index < -0.39 is 0 Å². The molecular weight excluding hydrogens is 334 g/mol.